The summed E-state index contributed by atoms with van der Waals surface area (Å²) in [6.07, 6.45) is 3.39. The van der Waals surface area contributed by atoms with Gasteiger partial charge in [-0.3, -0.25) is 4.99 Å². The van der Waals surface area contributed by atoms with Crippen LogP contribution in [0.3, 0.4) is 0 Å². The maximum atomic E-state index is 12.2. The lowest BCUT2D eigenvalue weighted by atomic mass is 9.90. The number of halogens is 1. The van der Waals surface area contributed by atoms with Crippen molar-refractivity contribution in [3.63, 3.8) is 0 Å². The Morgan fingerprint density at radius 2 is 1.95 bits per heavy atom. The Balaban J connectivity index is 0.000000200. The quantitative estimate of drug-likeness (QED) is 0.677. The van der Waals surface area contributed by atoms with E-state index in [0.29, 0.717) is 0 Å². The Morgan fingerprint density at radius 1 is 1.26 bits per heavy atom. The minimum absolute atomic E-state index is 0.162. The Hall–Kier alpha value is -1.44. The molecule has 0 fully saturated rings. The van der Waals surface area contributed by atoms with Crippen molar-refractivity contribution in [2.24, 2.45) is 10.4 Å². The van der Waals surface area contributed by atoms with Crippen LogP contribution in [0.25, 0.3) is 0 Å². The first-order chi connectivity index (χ1) is 8.82. The van der Waals surface area contributed by atoms with E-state index in [4.69, 9.17) is 0 Å². The predicted molar refractivity (Wildman–Crippen MR) is 81.3 cm³/mol. The fourth-order valence-corrected chi connectivity index (χ4v) is 1.74. The number of aliphatic imine (C=N–C) groups is 1. The fourth-order valence-electron chi connectivity index (χ4n) is 1.74. The molecule has 2 heteroatoms. The number of rotatable bonds is 1. The summed E-state index contributed by atoms with van der Waals surface area (Å²) in [5.41, 5.74) is 3.92. The second-order valence-electron chi connectivity index (χ2n) is 5.91. The lowest BCUT2D eigenvalue weighted by molar-refractivity contribution is 0.594. The van der Waals surface area contributed by atoms with Crippen LogP contribution in [0.5, 0.6) is 0 Å². The second kappa shape index (κ2) is 6.65. The number of aryl methyl sites for hydroxylation is 1. The molecule has 0 spiro atoms. The van der Waals surface area contributed by atoms with E-state index in [1.807, 2.05) is 13.0 Å². The molecule has 0 N–H and O–H groups in total. The molecule has 1 nitrogen and oxygen atoms in total. The Morgan fingerprint density at radius 3 is 2.26 bits per heavy atom. The van der Waals surface area contributed by atoms with Crippen LogP contribution in [-0.2, 0) is 0 Å². The predicted octanol–water partition coefficient (Wildman–Crippen LogP) is 4.96. The van der Waals surface area contributed by atoms with Crippen molar-refractivity contribution in [3.8, 4) is 0 Å². The van der Waals surface area contributed by atoms with Crippen molar-refractivity contribution in [1.82, 2.24) is 0 Å². The number of benzene rings is 1. The van der Waals surface area contributed by atoms with Crippen molar-refractivity contribution in [1.29, 1.82) is 0 Å². The molecule has 0 aliphatic carbocycles. The second-order valence-corrected chi connectivity index (χ2v) is 5.91. The van der Waals surface area contributed by atoms with E-state index in [-0.39, 0.29) is 11.2 Å². The fraction of sp³-hybridized carbons (Fsp3) is 0.471. The van der Waals surface area contributed by atoms with Gasteiger partial charge in [-0.05, 0) is 42.7 Å². The summed E-state index contributed by atoms with van der Waals surface area (Å²) in [6, 6.07) is 6.50. The molecular weight excluding hydrogens is 237 g/mol. The van der Waals surface area contributed by atoms with Crippen LogP contribution < -0.4 is 0 Å². The van der Waals surface area contributed by atoms with Gasteiger partial charge in [0.1, 0.15) is 5.82 Å². The third-order valence-corrected chi connectivity index (χ3v) is 3.00. The summed E-state index contributed by atoms with van der Waals surface area (Å²) in [4.78, 5) is 4.48. The van der Waals surface area contributed by atoms with E-state index < -0.39 is 0 Å². The van der Waals surface area contributed by atoms with Crippen LogP contribution in [-0.4, -0.2) is 12.3 Å². The highest BCUT2D eigenvalue weighted by Gasteiger charge is 2.19. The van der Waals surface area contributed by atoms with Gasteiger partial charge in [0, 0.05) is 11.1 Å². The molecule has 0 saturated heterocycles. The monoisotopic (exact) mass is 261 g/mol. The molecule has 19 heavy (non-hydrogen) atoms. The summed E-state index contributed by atoms with van der Waals surface area (Å²) in [7, 11) is 0. The van der Waals surface area contributed by atoms with Crippen molar-refractivity contribution in [3.05, 3.63) is 47.3 Å². The van der Waals surface area contributed by atoms with Gasteiger partial charge < -0.3 is 0 Å². The lowest BCUT2D eigenvalue weighted by Crippen LogP contribution is -2.16. The highest BCUT2D eigenvalue weighted by atomic mass is 19.1. The van der Waals surface area contributed by atoms with Crippen molar-refractivity contribution >= 4 is 5.71 Å². The highest BCUT2D eigenvalue weighted by Crippen LogP contribution is 2.22. The van der Waals surface area contributed by atoms with Gasteiger partial charge in [0.05, 0.1) is 6.54 Å². The van der Waals surface area contributed by atoms with Crippen molar-refractivity contribution in [2.45, 2.75) is 41.0 Å². The zero-order chi connectivity index (χ0) is 14.5. The van der Waals surface area contributed by atoms with Crippen molar-refractivity contribution in [2.75, 3.05) is 6.54 Å². The highest BCUT2D eigenvalue weighted by molar-refractivity contribution is 6.01. The number of hydrogen-bond donors (Lipinski definition) is 0. The molecule has 0 saturated carbocycles. The van der Waals surface area contributed by atoms with Gasteiger partial charge in [0.15, 0.2) is 0 Å². The number of nitrogens with zero attached hydrogens (tertiary/aromatic N) is 1. The molecule has 1 aliphatic heterocycles. The molecule has 0 atom stereocenters. The maximum absolute atomic E-state index is 12.2. The van der Waals surface area contributed by atoms with Crippen LogP contribution in [0.4, 0.5) is 4.39 Å². The zero-order valence-electron chi connectivity index (χ0n) is 12.6. The molecule has 0 bridgehead atoms. The van der Waals surface area contributed by atoms with Crippen LogP contribution in [0, 0.1) is 18.2 Å². The average Bonchev–Trinajstić information content (AvgIpc) is 2.77. The summed E-state index contributed by atoms with van der Waals surface area (Å²) in [6.45, 7) is 11.6. The van der Waals surface area contributed by atoms with E-state index in [0.717, 1.165) is 18.5 Å². The van der Waals surface area contributed by atoms with E-state index in [2.05, 4.69) is 38.8 Å². The van der Waals surface area contributed by atoms with Gasteiger partial charge in [0.2, 0.25) is 0 Å². The lowest BCUT2D eigenvalue weighted by Gasteiger charge is -2.16. The molecule has 0 aromatic heterocycles. The standard InChI is InChI=1S/C10H17N.C7H7F/c1-5-8-6-9(11-7-8)10(2,3)4;1-6-3-2-4-7(8)5-6/h6H,5,7H2,1-4H3;2-5H,1H3. The van der Waals surface area contributed by atoms with Gasteiger partial charge >= 0.3 is 0 Å². The zero-order valence-corrected chi connectivity index (χ0v) is 12.6. The first-order valence-corrected chi connectivity index (χ1v) is 6.79. The first kappa shape index (κ1) is 15.6. The molecule has 1 aromatic rings. The molecule has 0 radical (unpaired) electrons. The van der Waals surface area contributed by atoms with Gasteiger partial charge in [-0.15, -0.1) is 0 Å². The summed E-state index contributed by atoms with van der Waals surface area (Å²) < 4.78 is 12.2. The third-order valence-electron chi connectivity index (χ3n) is 3.00. The smallest absolute Gasteiger partial charge is 0.123 e. The molecule has 104 valence electrons. The topological polar surface area (TPSA) is 12.4 Å². The first-order valence-electron chi connectivity index (χ1n) is 6.79. The number of hydrogen-bond acceptors (Lipinski definition) is 1. The molecule has 1 heterocycles. The molecule has 0 amide bonds. The Bertz CT molecular complexity index is 461. The van der Waals surface area contributed by atoms with Crippen molar-refractivity contribution < 1.29 is 4.39 Å². The molecular formula is C17H24FN. The van der Waals surface area contributed by atoms with Gasteiger partial charge in [-0.2, -0.15) is 0 Å². The summed E-state index contributed by atoms with van der Waals surface area (Å²) in [5, 5.41) is 0. The minimum atomic E-state index is -0.162. The molecule has 1 aliphatic rings. The van der Waals surface area contributed by atoms with E-state index in [1.54, 1.807) is 6.07 Å². The van der Waals surface area contributed by atoms with Crippen LogP contribution in [0.1, 0.15) is 39.7 Å². The van der Waals surface area contributed by atoms with Gasteiger partial charge in [-0.1, -0.05) is 39.8 Å². The third kappa shape index (κ3) is 5.37. The van der Waals surface area contributed by atoms with Gasteiger partial charge in [0.25, 0.3) is 0 Å². The van der Waals surface area contributed by atoms with E-state index in [9.17, 15) is 4.39 Å². The maximum Gasteiger partial charge on any atom is 0.123 e. The van der Waals surface area contributed by atoms with E-state index >= 15 is 0 Å². The molecule has 2 rings (SSSR count). The van der Waals surface area contributed by atoms with Crippen LogP contribution in [0.15, 0.2) is 40.9 Å². The largest absolute Gasteiger partial charge is 0.285 e. The average molecular weight is 261 g/mol. The summed E-state index contributed by atoms with van der Waals surface area (Å²) >= 11 is 0. The van der Waals surface area contributed by atoms with Crippen LogP contribution in [0.2, 0.25) is 0 Å². The summed E-state index contributed by atoms with van der Waals surface area (Å²) in [5.74, 6) is -0.162. The minimum Gasteiger partial charge on any atom is -0.285 e. The van der Waals surface area contributed by atoms with Crippen LogP contribution >= 0.6 is 0 Å². The normalized spacial score (nSPS) is 14.4. The molecule has 0 unspecified atom stereocenters. The SMILES string of the molecule is CCC1=CC(C(C)(C)C)=NC1.Cc1cccc(F)c1. The van der Waals surface area contributed by atoms with E-state index in [1.165, 1.54) is 23.4 Å². The Labute approximate surface area is 116 Å². The Kier molecular flexibility index (Phi) is 5.46. The molecule has 1 aromatic carbocycles. The number of allylic oxidation sites excluding steroid dienone is 1. The van der Waals surface area contributed by atoms with Gasteiger partial charge in [-0.25, -0.2) is 4.39 Å².